The predicted molar refractivity (Wildman–Crippen MR) is 86.1 cm³/mol. The van der Waals surface area contributed by atoms with Gasteiger partial charge >= 0.3 is 0 Å². The number of benzene rings is 1. The van der Waals surface area contributed by atoms with Gasteiger partial charge in [-0.15, -0.1) is 0 Å². The molecule has 2 N–H and O–H groups in total. The molecule has 5 nitrogen and oxygen atoms in total. The van der Waals surface area contributed by atoms with Gasteiger partial charge in [-0.25, -0.2) is 4.68 Å². The Bertz CT molecular complexity index is 634. The van der Waals surface area contributed by atoms with Gasteiger partial charge in [0.25, 0.3) is 5.91 Å². The highest BCUT2D eigenvalue weighted by molar-refractivity contribution is 5.94. The van der Waals surface area contributed by atoms with E-state index in [1.807, 2.05) is 45.0 Å². The zero-order chi connectivity index (χ0) is 16.1. The number of amides is 1. The van der Waals surface area contributed by atoms with Crippen molar-refractivity contribution in [2.75, 3.05) is 6.61 Å². The van der Waals surface area contributed by atoms with Crippen LogP contribution in [0.25, 0.3) is 5.69 Å². The van der Waals surface area contributed by atoms with Crippen LogP contribution in [0.1, 0.15) is 36.2 Å². The molecule has 1 amide bonds. The summed E-state index contributed by atoms with van der Waals surface area (Å²) in [5.74, 6) is 0.106. The second-order valence-corrected chi connectivity index (χ2v) is 5.80. The number of aliphatic hydroxyl groups excluding tert-OH is 1. The van der Waals surface area contributed by atoms with E-state index in [1.54, 1.807) is 17.1 Å². The second-order valence-electron chi connectivity index (χ2n) is 5.80. The Morgan fingerprint density at radius 2 is 2.09 bits per heavy atom. The third-order valence-corrected chi connectivity index (χ3v) is 3.77. The molecule has 1 aromatic heterocycles. The molecule has 1 heterocycles. The maximum Gasteiger partial charge on any atom is 0.254 e. The van der Waals surface area contributed by atoms with Crippen LogP contribution in [0.15, 0.2) is 36.7 Å². The molecule has 0 spiro atoms. The number of hydrogen-bond donors (Lipinski definition) is 2. The summed E-state index contributed by atoms with van der Waals surface area (Å²) in [7, 11) is 0. The van der Waals surface area contributed by atoms with Gasteiger partial charge in [-0.1, -0.05) is 32.0 Å². The highest BCUT2D eigenvalue weighted by atomic mass is 16.3. The largest absolute Gasteiger partial charge is 0.396 e. The Morgan fingerprint density at radius 3 is 2.73 bits per heavy atom. The molecule has 0 bridgehead atoms. The summed E-state index contributed by atoms with van der Waals surface area (Å²) in [4.78, 5) is 12.3. The zero-order valence-corrected chi connectivity index (χ0v) is 13.3. The van der Waals surface area contributed by atoms with E-state index in [2.05, 4.69) is 10.4 Å². The van der Waals surface area contributed by atoms with Crippen LogP contribution in [0.4, 0.5) is 0 Å². The van der Waals surface area contributed by atoms with E-state index in [0.29, 0.717) is 12.0 Å². The smallest absolute Gasteiger partial charge is 0.254 e. The molecule has 0 aliphatic carbocycles. The van der Waals surface area contributed by atoms with Gasteiger partial charge in [0.1, 0.15) is 0 Å². The van der Waals surface area contributed by atoms with Crippen molar-refractivity contribution in [2.24, 2.45) is 5.92 Å². The number of carbonyl (C=O) groups is 1. The van der Waals surface area contributed by atoms with Crippen LogP contribution in [0.3, 0.4) is 0 Å². The molecule has 0 radical (unpaired) electrons. The van der Waals surface area contributed by atoms with Crippen LogP contribution in [0.2, 0.25) is 0 Å². The number of hydrogen-bond acceptors (Lipinski definition) is 3. The molecule has 2 rings (SSSR count). The lowest BCUT2D eigenvalue weighted by atomic mass is 10.0. The Morgan fingerprint density at radius 1 is 1.36 bits per heavy atom. The number of nitrogens with one attached hydrogen (secondary N) is 1. The minimum absolute atomic E-state index is 0.0423. The Labute approximate surface area is 131 Å². The Hall–Kier alpha value is -2.14. The van der Waals surface area contributed by atoms with Gasteiger partial charge in [0.15, 0.2) is 0 Å². The van der Waals surface area contributed by atoms with Gasteiger partial charge < -0.3 is 10.4 Å². The van der Waals surface area contributed by atoms with Gasteiger partial charge in [-0.2, -0.15) is 5.10 Å². The molecule has 0 saturated carbocycles. The van der Waals surface area contributed by atoms with Gasteiger partial charge in [-0.05, 0) is 30.9 Å². The molecule has 0 saturated heterocycles. The van der Waals surface area contributed by atoms with E-state index in [0.717, 1.165) is 11.3 Å². The average Bonchev–Trinajstić information content (AvgIpc) is 2.96. The molecule has 1 aromatic carbocycles. The quantitative estimate of drug-likeness (QED) is 0.860. The van der Waals surface area contributed by atoms with E-state index in [-0.39, 0.29) is 24.5 Å². The van der Waals surface area contributed by atoms with Crippen LogP contribution in [-0.4, -0.2) is 33.4 Å². The maximum atomic E-state index is 12.3. The van der Waals surface area contributed by atoms with Crippen molar-refractivity contribution in [1.82, 2.24) is 15.1 Å². The van der Waals surface area contributed by atoms with Crippen molar-refractivity contribution in [3.8, 4) is 5.69 Å². The highest BCUT2D eigenvalue weighted by Gasteiger charge is 2.18. The average molecular weight is 301 g/mol. The zero-order valence-electron chi connectivity index (χ0n) is 13.3. The summed E-state index contributed by atoms with van der Waals surface area (Å²) in [5, 5.41) is 16.3. The fraction of sp³-hybridized carbons (Fsp3) is 0.412. The molecule has 22 heavy (non-hydrogen) atoms. The van der Waals surface area contributed by atoms with E-state index in [1.165, 1.54) is 0 Å². The highest BCUT2D eigenvalue weighted by Crippen LogP contribution is 2.14. The lowest BCUT2D eigenvalue weighted by molar-refractivity contribution is 0.0916. The minimum Gasteiger partial charge on any atom is -0.396 e. The number of nitrogens with zero attached hydrogens (tertiary/aromatic N) is 2. The second kappa shape index (κ2) is 7.22. The van der Waals surface area contributed by atoms with Crippen LogP contribution < -0.4 is 5.32 Å². The van der Waals surface area contributed by atoms with Gasteiger partial charge in [0.05, 0.1) is 17.4 Å². The van der Waals surface area contributed by atoms with Crippen LogP contribution in [-0.2, 0) is 0 Å². The number of carbonyl (C=O) groups excluding carboxylic acids is 1. The molecule has 2 aromatic rings. The van der Waals surface area contributed by atoms with Gasteiger partial charge in [-0.3, -0.25) is 4.79 Å². The number of aromatic nitrogens is 2. The molecular formula is C17H23N3O2. The van der Waals surface area contributed by atoms with Crippen molar-refractivity contribution >= 4 is 5.91 Å². The van der Waals surface area contributed by atoms with Crippen molar-refractivity contribution < 1.29 is 9.90 Å². The molecule has 0 aliphatic rings. The number of aliphatic hydroxyl groups is 1. The van der Waals surface area contributed by atoms with E-state index in [9.17, 15) is 4.79 Å². The maximum absolute atomic E-state index is 12.3. The standard InChI is InChI=1S/C17H23N3O2/c1-12(2)15(8-9-21)19-17(22)14-10-18-20(11-14)16-7-5-4-6-13(16)3/h4-7,10-12,15,21H,8-9H2,1-3H3,(H,19,22). The summed E-state index contributed by atoms with van der Waals surface area (Å²) in [5.41, 5.74) is 2.57. The lowest BCUT2D eigenvalue weighted by Gasteiger charge is -2.21. The molecule has 1 unspecified atom stereocenters. The van der Waals surface area contributed by atoms with Crippen molar-refractivity contribution in [1.29, 1.82) is 0 Å². The number of rotatable bonds is 6. The topological polar surface area (TPSA) is 67.2 Å². The Kier molecular flexibility index (Phi) is 5.33. The SMILES string of the molecule is Cc1ccccc1-n1cc(C(=O)NC(CCO)C(C)C)cn1. The Balaban J connectivity index is 2.14. The van der Waals surface area contributed by atoms with E-state index >= 15 is 0 Å². The normalized spacial score (nSPS) is 12.4. The third-order valence-electron chi connectivity index (χ3n) is 3.77. The predicted octanol–water partition coefficient (Wildman–Crippen LogP) is 2.32. The van der Waals surface area contributed by atoms with Crippen LogP contribution in [0.5, 0.6) is 0 Å². The molecule has 118 valence electrons. The van der Waals surface area contributed by atoms with Crippen molar-refractivity contribution in [2.45, 2.75) is 33.2 Å². The van der Waals surface area contributed by atoms with Crippen LogP contribution in [0, 0.1) is 12.8 Å². The molecular weight excluding hydrogens is 278 g/mol. The monoisotopic (exact) mass is 301 g/mol. The first kappa shape index (κ1) is 16.2. The van der Waals surface area contributed by atoms with Gasteiger partial charge in [0.2, 0.25) is 0 Å². The lowest BCUT2D eigenvalue weighted by Crippen LogP contribution is -2.39. The first-order valence-corrected chi connectivity index (χ1v) is 7.55. The summed E-state index contributed by atoms with van der Waals surface area (Å²) in [6.07, 6.45) is 3.85. The molecule has 0 aliphatic heterocycles. The van der Waals surface area contributed by atoms with E-state index < -0.39 is 0 Å². The van der Waals surface area contributed by atoms with Crippen molar-refractivity contribution in [3.05, 3.63) is 47.8 Å². The van der Waals surface area contributed by atoms with E-state index in [4.69, 9.17) is 5.11 Å². The first-order valence-electron chi connectivity index (χ1n) is 7.55. The summed E-state index contributed by atoms with van der Waals surface area (Å²) in [6.45, 7) is 6.12. The number of aryl methyl sites for hydroxylation is 1. The fourth-order valence-electron chi connectivity index (χ4n) is 2.36. The van der Waals surface area contributed by atoms with Gasteiger partial charge in [0, 0.05) is 18.8 Å². The molecule has 1 atom stereocenters. The molecule has 0 fully saturated rings. The van der Waals surface area contributed by atoms with Crippen molar-refractivity contribution in [3.63, 3.8) is 0 Å². The summed E-state index contributed by atoms with van der Waals surface area (Å²) in [6, 6.07) is 7.84. The minimum atomic E-state index is -0.160. The van der Waals surface area contributed by atoms with Crippen LogP contribution >= 0.6 is 0 Å². The summed E-state index contributed by atoms with van der Waals surface area (Å²) < 4.78 is 1.71. The first-order chi connectivity index (χ1) is 10.5. The number of para-hydroxylation sites is 1. The summed E-state index contributed by atoms with van der Waals surface area (Å²) >= 11 is 0. The molecule has 5 heteroatoms. The fourth-order valence-corrected chi connectivity index (χ4v) is 2.36. The third kappa shape index (κ3) is 3.74.